The Hall–Kier alpha value is -1.77. The minimum atomic E-state index is -0.426. The average molecular weight is 219 g/mol. The minimum Gasteiger partial charge on any atom is -0.228 e. The molecule has 0 aliphatic heterocycles. The fourth-order valence-corrected chi connectivity index (χ4v) is 1.54. The lowest BCUT2D eigenvalue weighted by Crippen LogP contribution is -1.96. The highest BCUT2D eigenvalue weighted by atomic mass is 19.1. The molecule has 0 fully saturated rings. The number of benzene rings is 1. The predicted octanol–water partition coefficient (Wildman–Crippen LogP) is 3.15. The first kappa shape index (κ1) is 10.7. The molecular formula is C13H11F2N. The number of nitrogens with zero attached hydrogens (tertiary/aromatic N) is 1. The summed E-state index contributed by atoms with van der Waals surface area (Å²) in [6, 6.07) is 9.67. The largest absolute Gasteiger partial charge is 0.228 e. The lowest BCUT2D eigenvalue weighted by molar-refractivity contribution is 0.565. The Labute approximate surface area is 92.8 Å². The van der Waals surface area contributed by atoms with Crippen LogP contribution in [0, 0.1) is 11.8 Å². The molecule has 1 aromatic carbocycles. The highest BCUT2D eigenvalue weighted by Crippen LogP contribution is 2.10. The number of aryl methyl sites for hydroxylation is 2. The van der Waals surface area contributed by atoms with Crippen molar-refractivity contribution in [3.05, 3.63) is 65.5 Å². The van der Waals surface area contributed by atoms with Gasteiger partial charge in [-0.2, -0.15) is 4.39 Å². The quantitative estimate of drug-likeness (QED) is 0.723. The molecule has 2 aromatic rings. The summed E-state index contributed by atoms with van der Waals surface area (Å²) in [5.41, 5.74) is 1.58. The molecule has 0 aliphatic carbocycles. The molecule has 2 rings (SSSR count). The monoisotopic (exact) mass is 219 g/mol. The highest BCUT2D eigenvalue weighted by molar-refractivity contribution is 5.19. The molecule has 0 saturated carbocycles. The van der Waals surface area contributed by atoms with Crippen LogP contribution in [0.3, 0.4) is 0 Å². The van der Waals surface area contributed by atoms with E-state index in [0.29, 0.717) is 18.4 Å². The van der Waals surface area contributed by atoms with Gasteiger partial charge in [0.05, 0.1) is 0 Å². The van der Waals surface area contributed by atoms with Crippen LogP contribution < -0.4 is 0 Å². The Kier molecular flexibility index (Phi) is 3.25. The van der Waals surface area contributed by atoms with Gasteiger partial charge in [-0.1, -0.05) is 18.2 Å². The number of halogens is 2. The lowest BCUT2D eigenvalue weighted by Gasteiger charge is -2.02. The molecule has 1 heterocycles. The van der Waals surface area contributed by atoms with E-state index in [2.05, 4.69) is 4.98 Å². The van der Waals surface area contributed by atoms with Gasteiger partial charge in [0.2, 0.25) is 5.95 Å². The average Bonchev–Trinajstić information content (AvgIpc) is 2.30. The van der Waals surface area contributed by atoms with Gasteiger partial charge in [-0.3, -0.25) is 0 Å². The van der Waals surface area contributed by atoms with E-state index >= 15 is 0 Å². The first-order valence-electron chi connectivity index (χ1n) is 5.09. The van der Waals surface area contributed by atoms with Crippen molar-refractivity contribution >= 4 is 0 Å². The van der Waals surface area contributed by atoms with Crippen LogP contribution in [0.2, 0.25) is 0 Å². The molecule has 82 valence electrons. The number of aromatic nitrogens is 1. The second-order valence-corrected chi connectivity index (χ2v) is 3.58. The molecule has 0 bridgehead atoms. The van der Waals surface area contributed by atoms with Crippen molar-refractivity contribution in [1.29, 1.82) is 0 Å². The second-order valence-electron chi connectivity index (χ2n) is 3.58. The summed E-state index contributed by atoms with van der Waals surface area (Å²) < 4.78 is 25.8. The predicted molar refractivity (Wildman–Crippen MR) is 58.0 cm³/mol. The fourth-order valence-electron chi connectivity index (χ4n) is 1.54. The maximum Gasteiger partial charge on any atom is 0.216 e. The summed E-state index contributed by atoms with van der Waals surface area (Å²) in [7, 11) is 0. The first-order valence-corrected chi connectivity index (χ1v) is 5.09. The molecule has 0 atom stereocenters. The van der Waals surface area contributed by atoms with E-state index in [0.717, 1.165) is 5.56 Å². The van der Waals surface area contributed by atoms with Gasteiger partial charge in [0.15, 0.2) is 0 Å². The summed E-state index contributed by atoms with van der Waals surface area (Å²) in [6.07, 6.45) is 2.69. The zero-order chi connectivity index (χ0) is 11.4. The van der Waals surface area contributed by atoms with Crippen LogP contribution in [0.15, 0.2) is 42.6 Å². The van der Waals surface area contributed by atoms with E-state index < -0.39 is 5.95 Å². The van der Waals surface area contributed by atoms with E-state index in [4.69, 9.17) is 0 Å². The minimum absolute atomic E-state index is 0.253. The van der Waals surface area contributed by atoms with Gasteiger partial charge in [0.1, 0.15) is 5.82 Å². The van der Waals surface area contributed by atoms with Gasteiger partial charge in [0, 0.05) is 11.8 Å². The molecule has 0 N–H and O–H groups in total. The van der Waals surface area contributed by atoms with Crippen molar-refractivity contribution < 1.29 is 8.78 Å². The molecule has 3 heteroatoms. The Balaban J connectivity index is 2.02. The fraction of sp³-hybridized carbons (Fsp3) is 0.154. The van der Waals surface area contributed by atoms with Crippen LogP contribution in [0.1, 0.15) is 11.1 Å². The maximum absolute atomic E-state index is 13.2. The molecule has 0 radical (unpaired) electrons. The zero-order valence-corrected chi connectivity index (χ0v) is 8.66. The SMILES string of the molecule is Fc1ccc(CCc2cccnc2F)cc1. The summed E-state index contributed by atoms with van der Waals surface area (Å²) in [6.45, 7) is 0. The third kappa shape index (κ3) is 2.63. The second kappa shape index (κ2) is 4.84. The van der Waals surface area contributed by atoms with E-state index in [1.807, 2.05) is 0 Å². The summed E-state index contributed by atoms with van der Waals surface area (Å²) in [5, 5.41) is 0. The van der Waals surface area contributed by atoms with Gasteiger partial charge in [-0.05, 0) is 36.6 Å². The third-order valence-corrected chi connectivity index (χ3v) is 2.43. The first-order chi connectivity index (χ1) is 7.75. The Morgan fingerprint density at radius 1 is 0.938 bits per heavy atom. The van der Waals surface area contributed by atoms with Crippen LogP contribution in [-0.4, -0.2) is 4.98 Å². The Bertz CT molecular complexity index is 466. The van der Waals surface area contributed by atoms with Gasteiger partial charge >= 0.3 is 0 Å². The number of pyridine rings is 1. The molecule has 1 aromatic heterocycles. The molecule has 1 nitrogen and oxygen atoms in total. The van der Waals surface area contributed by atoms with E-state index in [-0.39, 0.29) is 5.82 Å². The molecule has 0 saturated heterocycles. The van der Waals surface area contributed by atoms with Crippen molar-refractivity contribution in [1.82, 2.24) is 4.98 Å². The van der Waals surface area contributed by atoms with Crippen LogP contribution in [0.4, 0.5) is 8.78 Å². The molecule has 16 heavy (non-hydrogen) atoms. The van der Waals surface area contributed by atoms with Crippen LogP contribution in [-0.2, 0) is 12.8 Å². The maximum atomic E-state index is 13.2. The van der Waals surface area contributed by atoms with Crippen LogP contribution in [0.5, 0.6) is 0 Å². The topological polar surface area (TPSA) is 12.9 Å². The third-order valence-electron chi connectivity index (χ3n) is 2.43. The molecule has 0 amide bonds. The zero-order valence-electron chi connectivity index (χ0n) is 8.66. The van der Waals surface area contributed by atoms with E-state index in [1.165, 1.54) is 18.3 Å². The lowest BCUT2D eigenvalue weighted by atomic mass is 10.1. The van der Waals surface area contributed by atoms with E-state index in [9.17, 15) is 8.78 Å². The molecule has 0 aliphatic rings. The van der Waals surface area contributed by atoms with Crippen molar-refractivity contribution in [3.63, 3.8) is 0 Å². The van der Waals surface area contributed by atoms with Crippen molar-refractivity contribution in [2.75, 3.05) is 0 Å². The van der Waals surface area contributed by atoms with Crippen molar-refractivity contribution in [2.24, 2.45) is 0 Å². The van der Waals surface area contributed by atoms with Gasteiger partial charge in [-0.15, -0.1) is 0 Å². The standard InChI is InChI=1S/C13H11F2N/c14-12-7-4-10(5-8-12)3-6-11-2-1-9-16-13(11)15/h1-2,4-5,7-9H,3,6H2. The number of hydrogen-bond acceptors (Lipinski definition) is 1. The molecule has 0 unspecified atom stereocenters. The smallest absolute Gasteiger partial charge is 0.216 e. The van der Waals surface area contributed by atoms with E-state index in [1.54, 1.807) is 24.3 Å². The summed E-state index contributed by atoms with van der Waals surface area (Å²) in [4.78, 5) is 3.58. The summed E-state index contributed by atoms with van der Waals surface area (Å²) in [5.74, 6) is -0.680. The van der Waals surface area contributed by atoms with Crippen molar-refractivity contribution in [2.45, 2.75) is 12.8 Å². The van der Waals surface area contributed by atoms with Crippen molar-refractivity contribution in [3.8, 4) is 0 Å². The van der Waals surface area contributed by atoms with Crippen LogP contribution in [0.25, 0.3) is 0 Å². The van der Waals surface area contributed by atoms with Gasteiger partial charge < -0.3 is 0 Å². The van der Waals surface area contributed by atoms with Crippen LogP contribution >= 0.6 is 0 Å². The molecule has 0 spiro atoms. The van der Waals surface area contributed by atoms with Gasteiger partial charge in [-0.25, -0.2) is 9.37 Å². The Morgan fingerprint density at radius 2 is 1.69 bits per heavy atom. The Morgan fingerprint density at radius 3 is 2.38 bits per heavy atom. The number of rotatable bonds is 3. The highest BCUT2D eigenvalue weighted by Gasteiger charge is 2.02. The normalized spacial score (nSPS) is 10.4. The molecular weight excluding hydrogens is 208 g/mol. The summed E-state index contributed by atoms with van der Waals surface area (Å²) >= 11 is 0. The van der Waals surface area contributed by atoms with Gasteiger partial charge in [0.25, 0.3) is 0 Å². The number of hydrogen-bond donors (Lipinski definition) is 0.